The van der Waals surface area contributed by atoms with Gasteiger partial charge in [-0.15, -0.1) is 0 Å². The van der Waals surface area contributed by atoms with E-state index in [-0.39, 0.29) is 12.7 Å². The van der Waals surface area contributed by atoms with Gasteiger partial charge in [0.15, 0.2) is 11.5 Å². The van der Waals surface area contributed by atoms with Crippen molar-refractivity contribution in [1.29, 1.82) is 0 Å². The minimum absolute atomic E-state index is 0.00989. The summed E-state index contributed by atoms with van der Waals surface area (Å²) in [7, 11) is 0. The number of amides is 1. The zero-order valence-corrected chi connectivity index (χ0v) is 15.7. The lowest BCUT2D eigenvalue weighted by Crippen LogP contribution is -2.49. The summed E-state index contributed by atoms with van der Waals surface area (Å²) in [4.78, 5) is 17.0. The number of fused-ring (bicyclic) bond motifs is 1. The summed E-state index contributed by atoms with van der Waals surface area (Å²) in [5, 5.41) is 0.620. The third-order valence-corrected chi connectivity index (χ3v) is 5.10. The van der Waals surface area contributed by atoms with Crippen LogP contribution in [0, 0.1) is 0 Å². The van der Waals surface area contributed by atoms with Crippen molar-refractivity contribution in [3.05, 3.63) is 53.1 Å². The Morgan fingerprint density at radius 2 is 1.85 bits per heavy atom. The minimum atomic E-state index is -0.00989. The summed E-state index contributed by atoms with van der Waals surface area (Å²) in [6, 6.07) is 12.9. The van der Waals surface area contributed by atoms with Crippen LogP contribution < -0.4 is 14.2 Å². The van der Waals surface area contributed by atoms with E-state index in [0.717, 1.165) is 19.6 Å². The zero-order chi connectivity index (χ0) is 18.6. The van der Waals surface area contributed by atoms with Crippen LogP contribution in [-0.4, -0.2) is 61.8 Å². The summed E-state index contributed by atoms with van der Waals surface area (Å²) in [6.45, 7) is 4.50. The topological polar surface area (TPSA) is 51.2 Å². The highest BCUT2D eigenvalue weighted by atomic mass is 35.5. The number of halogens is 1. The molecule has 0 aliphatic carbocycles. The Bertz CT molecular complexity index is 821. The number of piperazine rings is 1. The third-order valence-electron chi connectivity index (χ3n) is 4.79. The van der Waals surface area contributed by atoms with Crippen LogP contribution in [0.15, 0.2) is 42.5 Å². The number of rotatable bonds is 5. The fraction of sp³-hybridized carbons (Fsp3) is 0.350. The molecule has 0 aromatic heterocycles. The lowest BCUT2D eigenvalue weighted by atomic mass is 10.1. The molecular weight excluding hydrogens is 368 g/mol. The molecular formula is C20H21ClN2O4. The maximum Gasteiger partial charge on any atom is 0.257 e. The highest BCUT2D eigenvalue weighted by Gasteiger charge is 2.27. The van der Waals surface area contributed by atoms with Gasteiger partial charge in [0.05, 0.1) is 10.6 Å². The van der Waals surface area contributed by atoms with E-state index in [1.807, 2.05) is 41.3 Å². The van der Waals surface area contributed by atoms with Gasteiger partial charge in [-0.05, 0) is 24.3 Å². The second-order valence-electron chi connectivity index (χ2n) is 6.45. The molecule has 6 nitrogen and oxygen atoms in total. The summed E-state index contributed by atoms with van der Waals surface area (Å²) in [5.41, 5.74) is 0.570. The summed E-state index contributed by atoms with van der Waals surface area (Å²) >= 11 is 6.10. The van der Waals surface area contributed by atoms with Crippen molar-refractivity contribution in [3.63, 3.8) is 0 Å². The largest absolute Gasteiger partial charge is 0.491 e. The van der Waals surface area contributed by atoms with Crippen LogP contribution in [0.2, 0.25) is 5.02 Å². The summed E-state index contributed by atoms with van der Waals surface area (Å²) in [5.74, 6) is 1.88. The van der Waals surface area contributed by atoms with E-state index in [1.165, 1.54) is 0 Å². The molecule has 2 aromatic rings. The number of hydrogen-bond acceptors (Lipinski definition) is 5. The number of hydrogen-bond donors (Lipinski definition) is 0. The Morgan fingerprint density at radius 3 is 2.67 bits per heavy atom. The van der Waals surface area contributed by atoms with Gasteiger partial charge in [-0.2, -0.15) is 0 Å². The van der Waals surface area contributed by atoms with Crippen LogP contribution in [0.5, 0.6) is 17.2 Å². The Morgan fingerprint density at radius 1 is 1.04 bits per heavy atom. The fourth-order valence-electron chi connectivity index (χ4n) is 3.29. The number of nitrogens with zero attached hydrogens (tertiary/aromatic N) is 2. The van der Waals surface area contributed by atoms with Crippen LogP contribution in [0.4, 0.5) is 0 Å². The van der Waals surface area contributed by atoms with Gasteiger partial charge in [-0.1, -0.05) is 29.8 Å². The van der Waals surface area contributed by atoms with Gasteiger partial charge in [-0.3, -0.25) is 9.69 Å². The lowest BCUT2D eigenvalue weighted by Gasteiger charge is -2.34. The molecule has 2 aromatic carbocycles. The molecule has 0 unspecified atom stereocenters. The molecule has 0 bridgehead atoms. The Hall–Kier alpha value is -2.44. The molecule has 142 valence electrons. The smallest absolute Gasteiger partial charge is 0.257 e. The molecule has 1 fully saturated rings. The zero-order valence-electron chi connectivity index (χ0n) is 14.9. The van der Waals surface area contributed by atoms with E-state index in [1.54, 1.807) is 6.07 Å². The van der Waals surface area contributed by atoms with Gasteiger partial charge < -0.3 is 19.1 Å². The first-order chi connectivity index (χ1) is 13.2. The van der Waals surface area contributed by atoms with Gasteiger partial charge in [-0.25, -0.2) is 0 Å². The van der Waals surface area contributed by atoms with Crippen molar-refractivity contribution in [2.24, 2.45) is 0 Å². The highest BCUT2D eigenvalue weighted by Crippen LogP contribution is 2.36. The van der Waals surface area contributed by atoms with Crippen molar-refractivity contribution in [2.75, 3.05) is 46.1 Å². The van der Waals surface area contributed by atoms with E-state index >= 15 is 0 Å². The molecule has 4 rings (SSSR count). The molecule has 2 aliphatic heterocycles. The predicted octanol–water partition coefficient (Wildman–Crippen LogP) is 2.91. The van der Waals surface area contributed by atoms with Gasteiger partial charge in [0.25, 0.3) is 5.91 Å². The second-order valence-corrected chi connectivity index (χ2v) is 6.86. The molecule has 1 saturated heterocycles. The number of carbonyl (C=O) groups excluding carboxylic acids is 1. The van der Waals surface area contributed by atoms with Crippen molar-refractivity contribution in [3.8, 4) is 17.2 Å². The average Bonchev–Trinajstić information content (AvgIpc) is 3.18. The second kappa shape index (κ2) is 8.06. The van der Waals surface area contributed by atoms with E-state index in [9.17, 15) is 4.79 Å². The molecule has 1 amide bonds. The summed E-state index contributed by atoms with van der Waals surface area (Å²) < 4.78 is 16.6. The Labute approximate surface area is 163 Å². The highest BCUT2D eigenvalue weighted by molar-refractivity contribution is 6.32. The van der Waals surface area contributed by atoms with E-state index in [2.05, 4.69) is 4.90 Å². The number of ether oxygens (including phenoxy) is 3. The SMILES string of the molecule is O=C(c1cccc2c1OCO2)N1CCN(CCOc2ccccc2Cl)CC1. The molecule has 0 radical (unpaired) electrons. The summed E-state index contributed by atoms with van der Waals surface area (Å²) in [6.07, 6.45) is 0. The van der Waals surface area contributed by atoms with E-state index in [0.29, 0.717) is 47.5 Å². The van der Waals surface area contributed by atoms with Crippen molar-refractivity contribution >= 4 is 17.5 Å². The predicted molar refractivity (Wildman–Crippen MR) is 102 cm³/mol. The van der Waals surface area contributed by atoms with Crippen LogP contribution >= 0.6 is 11.6 Å². The molecule has 0 spiro atoms. The Kier molecular flexibility index (Phi) is 5.36. The van der Waals surface area contributed by atoms with Crippen LogP contribution in [-0.2, 0) is 0 Å². The third kappa shape index (κ3) is 3.96. The molecule has 0 N–H and O–H groups in total. The Balaban J connectivity index is 1.27. The first-order valence-corrected chi connectivity index (χ1v) is 9.38. The van der Waals surface area contributed by atoms with Crippen LogP contribution in [0.25, 0.3) is 0 Å². The van der Waals surface area contributed by atoms with Gasteiger partial charge in [0, 0.05) is 32.7 Å². The van der Waals surface area contributed by atoms with E-state index in [4.69, 9.17) is 25.8 Å². The van der Waals surface area contributed by atoms with Gasteiger partial charge in [0.1, 0.15) is 12.4 Å². The van der Waals surface area contributed by atoms with Crippen molar-refractivity contribution < 1.29 is 19.0 Å². The number of carbonyl (C=O) groups is 1. The maximum absolute atomic E-state index is 12.8. The molecule has 2 aliphatic rings. The fourth-order valence-corrected chi connectivity index (χ4v) is 3.48. The minimum Gasteiger partial charge on any atom is -0.491 e. The molecule has 7 heteroatoms. The molecule has 0 saturated carbocycles. The number of para-hydroxylation sites is 2. The maximum atomic E-state index is 12.8. The van der Waals surface area contributed by atoms with Crippen molar-refractivity contribution in [1.82, 2.24) is 9.80 Å². The first-order valence-electron chi connectivity index (χ1n) is 9.00. The van der Waals surface area contributed by atoms with Crippen LogP contribution in [0.1, 0.15) is 10.4 Å². The standard InChI is InChI=1S/C20H21ClN2O4/c21-16-5-1-2-6-17(16)25-13-12-22-8-10-23(11-9-22)20(24)15-4-3-7-18-19(15)27-14-26-18/h1-7H,8-14H2. The number of benzene rings is 2. The average molecular weight is 389 g/mol. The molecule has 27 heavy (non-hydrogen) atoms. The quantitative estimate of drug-likeness (QED) is 0.788. The first kappa shape index (κ1) is 17.9. The van der Waals surface area contributed by atoms with Gasteiger partial charge >= 0.3 is 0 Å². The van der Waals surface area contributed by atoms with Gasteiger partial charge in [0.2, 0.25) is 6.79 Å². The lowest BCUT2D eigenvalue weighted by molar-refractivity contribution is 0.0616. The normalized spacial score (nSPS) is 16.4. The molecule has 0 atom stereocenters. The van der Waals surface area contributed by atoms with Crippen molar-refractivity contribution in [2.45, 2.75) is 0 Å². The van der Waals surface area contributed by atoms with Crippen LogP contribution in [0.3, 0.4) is 0 Å². The monoisotopic (exact) mass is 388 g/mol. The molecule has 2 heterocycles. The van der Waals surface area contributed by atoms with E-state index < -0.39 is 0 Å².